The van der Waals surface area contributed by atoms with E-state index in [1.165, 1.54) is 14.2 Å². The summed E-state index contributed by atoms with van der Waals surface area (Å²) in [6, 6.07) is 0. The average molecular weight is 204 g/mol. The second kappa shape index (κ2) is 6.79. The van der Waals surface area contributed by atoms with Gasteiger partial charge in [0.2, 0.25) is 0 Å². The van der Waals surface area contributed by atoms with Crippen molar-refractivity contribution in [1.29, 1.82) is 0 Å². The smallest absolute Gasteiger partial charge is 0.314 e. The molecule has 0 aliphatic rings. The van der Waals surface area contributed by atoms with Crippen LogP contribution < -0.4 is 0 Å². The van der Waals surface area contributed by atoms with Gasteiger partial charge in [0.05, 0.1) is 6.61 Å². The lowest BCUT2D eigenvalue weighted by molar-refractivity contribution is -0.182. The maximum Gasteiger partial charge on any atom is 0.314 e. The highest BCUT2D eigenvalue weighted by Gasteiger charge is 2.32. The van der Waals surface area contributed by atoms with E-state index >= 15 is 0 Å². The van der Waals surface area contributed by atoms with Crippen molar-refractivity contribution in [3.05, 3.63) is 0 Å². The van der Waals surface area contributed by atoms with Gasteiger partial charge in [-0.2, -0.15) is 0 Å². The molecular formula is C10H20O4. The van der Waals surface area contributed by atoms with Crippen LogP contribution in [0.2, 0.25) is 0 Å². The van der Waals surface area contributed by atoms with Crippen LogP contribution in [0.4, 0.5) is 0 Å². The van der Waals surface area contributed by atoms with Crippen molar-refractivity contribution in [3.8, 4) is 0 Å². The molecule has 0 rings (SSSR count). The highest BCUT2D eigenvalue weighted by Crippen LogP contribution is 2.20. The summed E-state index contributed by atoms with van der Waals surface area (Å²) in [5.41, 5.74) is 0. The van der Waals surface area contributed by atoms with E-state index in [0.717, 1.165) is 0 Å². The number of rotatable bonds is 6. The third-order valence-electron chi connectivity index (χ3n) is 2.03. The summed E-state index contributed by atoms with van der Waals surface area (Å²) in [6.45, 7) is 6.03. The van der Waals surface area contributed by atoms with Gasteiger partial charge in [0.25, 0.3) is 0 Å². The molecule has 0 saturated heterocycles. The molecule has 0 N–H and O–H groups in total. The van der Waals surface area contributed by atoms with E-state index in [2.05, 4.69) is 0 Å². The summed E-state index contributed by atoms with van der Waals surface area (Å²) >= 11 is 0. The monoisotopic (exact) mass is 204 g/mol. The van der Waals surface area contributed by atoms with Gasteiger partial charge in [-0.25, -0.2) is 0 Å². The van der Waals surface area contributed by atoms with Crippen molar-refractivity contribution in [2.45, 2.75) is 27.1 Å². The first-order valence-electron chi connectivity index (χ1n) is 4.80. The number of ether oxygens (including phenoxy) is 3. The van der Waals surface area contributed by atoms with Crippen LogP contribution in [0.25, 0.3) is 0 Å². The van der Waals surface area contributed by atoms with Gasteiger partial charge in [0.1, 0.15) is 5.92 Å². The van der Waals surface area contributed by atoms with E-state index in [1.54, 1.807) is 6.92 Å². The number of hydrogen-bond donors (Lipinski definition) is 0. The maximum atomic E-state index is 11.6. The predicted molar refractivity (Wildman–Crippen MR) is 52.8 cm³/mol. The molecule has 0 saturated carbocycles. The molecule has 0 aliphatic heterocycles. The lowest BCUT2D eigenvalue weighted by Gasteiger charge is -2.25. The standard InChI is InChI=1S/C10H20O4/c1-6-14-9(11)8(7(2)3)10(12-4)13-5/h7-8,10H,6H2,1-5H3. The molecule has 0 radical (unpaired) electrons. The van der Waals surface area contributed by atoms with E-state index in [4.69, 9.17) is 14.2 Å². The first-order valence-corrected chi connectivity index (χ1v) is 4.80. The second-order valence-electron chi connectivity index (χ2n) is 3.36. The van der Waals surface area contributed by atoms with Crippen LogP contribution in [-0.4, -0.2) is 33.1 Å². The Balaban J connectivity index is 4.48. The number of hydrogen-bond acceptors (Lipinski definition) is 4. The largest absolute Gasteiger partial charge is 0.466 e. The fourth-order valence-electron chi connectivity index (χ4n) is 1.33. The zero-order chi connectivity index (χ0) is 11.1. The van der Waals surface area contributed by atoms with Crippen molar-refractivity contribution in [1.82, 2.24) is 0 Å². The first kappa shape index (κ1) is 13.4. The number of esters is 1. The Morgan fingerprint density at radius 2 is 1.71 bits per heavy atom. The molecule has 0 aliphatic carbocycles. The predicted octanol–water partition coefficient (Wildman–Crippen LogP) is 1.44. The fourth-order valence-corrected chi connectivity index (χ4v) is 1.33. The molecule has 0 heterocycles. The molecule has 1 unspecified atom stereocenters. The van der Waals surface area contributed by atoms with Gasteiger partial charge in [-0.15, -0.1) is 0 Å². The molecule has 0 bridgehead atoms. The molecule has 0 fully saturated rings. The molecule has 0 aromatic rings. The Bertz CT molecular complexity index is 164. The van der Waals surface area contributed by atoms with Crippen molar-refractivity contribution in [2.75, 3.05) is 20.8 Å². The molecule has 1 atom stereocenters. The van der Waals surface area contributed by atoms with Gasteiger partial charge in [-0.3, -0.25) is 4.79 Å². The van der Waals surface area contributed by atoms with Crippen molar-refractivity contribution >= 4 is 5.97 Å². The highest BCUT2D eigenvalue weighted by molar-refractivity contribution is 5.73. The average Bonchev–Trinajstić information content (AvgIpc) is 2.13. The molecule has 0 spiro atoms. The molecule has 4 nitrogen and oxygen atoms in total. The second-order valence-corrected chi connectivity index (χ2v) is 3.36. The van der Waals surface area contributed by atoms with Gasteiger partial charge >= 0.3 is 5.97 Å². The summed E-state index contributed by atoms with van der Waals surface area (Å²) in [7, 11) is 3.03. The quantitative estimate of drug-likeness (QED) is 0.485. The van der Waals surface area contributed by atoms with E-state index in [-0.39, 0.29) is 17.8 Å². The van der Waals surface area contributed by atoms with Crippen LogP contribution in [0.1, 0.15) is 20.8 Å². The molecule has 84 valence electrons. The van der Waals surface area contributed by atoms with Crippen LogP contribution >= 0.6 is 0 Å². The lowest BCUT2D eigenvalue weighted by atomic mass is 9.95. The Labute approximate surface area is 85.5 Å². The van der Waals surface area contributed by atoms with Crippen LogP contribution in [0.15, 0.2) is 0 Å². The van der Waals surface area contributed by atoms with Crippen molar-refractivity contribution in [3.63, 3.8) is 0 Å². The van der Waals surface area contributed by atoms with Gasteiger partial charge in [0, 0.05) is 14.2 Å². The van der Waals surface area contributed by atoms with Gasteiger partial charge < -0.3 is 14.2 Å². The van der Waals surface area contributed by atoms with E-state index in [9.17, 15) is 4.79 Å². The first-order chi connectivity index (χ1) is 6.58. The molecular weight excluding hydrogens is 184 g/mol. The minimum Gasteiger partial charge on any atom is -0.466 e. The van der Waals surface area contributed by atoms with Crippen LogP contribution in [0, 0.1) is 11.8 Å². The number of carbonyl (C=O) groups excluding carboxylic acids is 1. The molecule has 4 heteroatoms. The molecule has 0 aromatic heterocycles. The zero-order valence-electron chi connectivity index (χ0n) is 9.57. The van der Waals surface area contributed by atoms with Gasteiger partial charge in [-0.1, -0.05) is 13.8 Å². The Morgan fingerprint density at radius 1 is 1.21 bits per heavy atom. The van der Waals surface area contributed by atoms with E-state index in [0.29, 0.717) is 6.61 Å². The normalized spacial score (nSPS) is 13.4. The Morgan fingerprint density at radius 3 is 2.00 bits per heavy atom. The SMILES string of the molecule is CCOC(=O)C(C(C)C)C(OC)OC. The summed E-state index contributed by atoms with van der Waals surface area (Å²) in [6.07, 6.45) is -0.533. The maximum absolute atomic E-state index is 11.6. The van der Waals surface area contributed by atoms with Crippen LogP contribution in [-0.2, 0) is 19.0 Å². The van der Waals surface area contributed by atoms with E-state index < -0.39 is 6.29 Å². The summed E-state index contributed by atoms with van der Waals surface area (Å²) in [5, 5.41) is 0. The van der Waals surface area contributed by atoms with Crippen molar-refractivity contribution < 1.29 is 19.0 Å². The summed E-state index contributed by atoms with van der Waals surface area (Å²) in [5.74, 6) is -0.514. The van der Waals surface area contributed by atoms with Crippen LogP contribution in [0.5, 0.6) is 0 Å². The zero-order valence-corrected chi connectivity index (χ0v) is 9.57. The summed E-state index contributed by atoms with van der Waals surface area (Å²) < 4.78 is 15.1. The fraction of sp³-hybridized carbons (Fsp3) is 0.900. The third kappa shape index (κ3) is 3.64. The minimum absolute atomic E-state index is 0.124. The number of carbonyl (C=O) groups is 1. The molecule has 0 aromatic carbocycles. The van der Waals surface area contributed by atoms with Crippen LogP contribution in [0.3, 0.4) is 0 Å². The van der Waals surface area contributed by atoms with Crippen molar-refractivity contribution in [2.24, 2.45) is 11.8 Å². The van der Waals surface area contributed by atoms with Gasteiger partial charge in [-0.05, 0) is 12.8 Å². The van der Waals surface area contributed by atoms with Gasteiger partial charge in [0.15, 0.2) is 6.29 Å². The summed E-state index contributed by atoms with van der Waals surface area (Å²) in [4.78, 5) is 11.6. The minimum atomic E-state index is -0.533. The highest BCUT2D eigenvalue weighted by atomic mass is 16.7. The Hall–Kier alpha value is -0.610. The molecule has 0 amide bonds. The number of methoxy groups -OCH3 is 2. The Kier molecular flexibility index (Phi) is 6.49. The molecule has 14 heavy (non-hydrogen) atoms. The topological polar surface area (TPSA) is 44.8 Å². The third-order valence-corrected chi connectivity index (χ3v) is 2.03. The van der Waals surface area contributed by atoms with E-state index in [1.807, 2.05) is 13.8 Å². The lowest BCUT2D eigenvalue weighted by Crippen LogP contribution is -2.36.